The lowest BCUT2D eigenvalue weighted by Gasteiger charge is -2.15. The van der Waals surface area contributed by atoms with Gasteiger partial charge in [0.15, 0.2) is 17.2 Å². The van der Waals surface area contributed by atoms with Gasteiger partial charge in [-0.05, 0) is 24.6 Å². The van der Waals surface area contributed by atoms with Crippen LogP contribution in [0.4, 0.5) is 13.2 Å². The maximum Gasteiger partial charge on any atom is 0.435 e. The van der Waals surface area contributed by atoms with Gasteiger partial charge in [0, 0.05) is 31.4 Å². The quantitative estimate of drug-likeness (QED) is 0.938. The van der Waals surface area contributed by atoms with Gasteiger partial charge in [-0.3, -0.25) is 4.68 Å². The monoisotopic (exact) mass is 327 g/mol. The number of aromatic nitrogens is 2. The first-order chi connectivity index (χ1) is 10.8. The molecule has 1 aromatic carbocycles. The number of benzene rings is 1. The summed E-state index contributed by atoms with van der Waals surface area (Å²) in [6.45, 7) is 2.13. The molecule has 3 rings (SSSR count). The Morgan fingerprint density at radius 2 is 2.04 bits per heavy atom. The molecule has 1 aliphatic heterocycles. The van der Waals surface area contributed by atoms with E-state index in [2.05, 4.69) is 10.4 Å². The van der Waals surface area contributed by atoms with Gasteiger partial charge in [-0.25, -0.2) is 0 Å². The first kappa shape index (κ1) is 15.7. The summed E-state index contributed by atoms with van der Waals surface area (Å²) in [6, 6.07) is 5.33. The molecule has 0 unspecified atom stereocenters. The van der Waals surface area contributed by atoms with E-state index in [4.69, 9.17) is 9.47 Å². The summed E-state index contributed by atoms with van der Waals surface area (Å²) < 4.78 is 50.5. The van der Waals surface area contributed by atoms with E-state index in [1.165, 1.54) is 17.9 Å². The lowest BCUT2D eigenvalue weighted by atomic mass is 10.1. The van der Waals surface area contributed by atoms with Crippen molar-refractivity contribution in [1.29, 1.82) is 0 Å². The SMILES string of the molecule is C[C@@H](NCc1cn(C)nc1C(F)(F)F)c1ccc2c(c1)OCO2. The van der Waals surface area contributed by atoms with Crippen molar-refractivity contribution >= 4 is 0 Å². The molecule has 2 heterocycles. The van der Waals surface area contributed by atoms with Gasteiger partial charge >= 0.3 is 6.18 Å². The molecule has 1 atom stereocenters. The number of nitrogens with zero attached hydrogens (tertiary/aromatic N) is 2. The Bertz CT molecular complexity index is 712. The van der Waals surface area contributed by atoms with Crippen molar-refractivity contribution in [2.45, 2.75) is 25.7 Å². The predicted octanol–water partition coefficient (Wildman–Crippen LogP) is 3.02. The fourth-order valence-electron chi connectivity index (χ4n) is 2.47. The van der Waals surface area contributed by atoms with Crippen LogP contribution in [0, 0.1) is 0 Å². The molecule has 23 heavy (non-hydrogen) atoms. The summed E-state index contributed by atoms with van der Waals surface area (Å²) in [6.07, 6.45) is -3.08. The van der Waals surface area contributed by atoms with Gasteiger partial charge in [-0.2, -0.15) is 18.3 Å². The number of fused-ring (bicyclic) bond motifs is 1. The van der Waals surface area contributed by atoms with Gasteiger partial charge in [0.25, 0.3) is 0 Å². The summed E-state index contributed by atoms with van der Waals surface area (Å²) >= 11 is 0. The van der Waals surface area contributed by atoms with Crippen LogP contribution in [0.1, 0.15) is 29.8 Å². The Morgan fingerprint density at radius 3 is 2.78 bits per heavy atom. The van der Waals surface area contributed by atoms with Crippen LogP contribution in [0.5, 0.6) is 11.5 Å². The van der Waals surface area contributed by atoms with Crippen LogP contribution in [-0.2, 0) is 19.8 Å². The number of halogens is 3. The van der Waals surface area contributed by atoms with E-state index in [1.807, 2.05) is 19.1 Å². The highest BCUT2D eigenvalue weighted by Crippen LogP contribution is 2.34. The van der Waals surface area contributed by atoms with E-state index < -0.39 is 11.9 Å². The second-order valence-electron chi connectivity index (χ2n) is 5.39. The maximum absolute atomic E-state index is 12.9. The maximum atomic E-state index is 12.9. The molecule has 5 nitrogen and oxygen atoms in total. The van der Waals surface area contributed by atoms with Crippen molar-refractivity contribution in [2.75, 3.05) is 6.79 Å². The lowest BCUT2D eigenvalue weighted by Crippen LogP contribution is -2.20. The molecule has 0 amide bonds. The topological polar surface area (TPSA) is 48.3 Å². The zero-order valence-corrected chi connectivity index (χ0v) is 12.6. The first-order valence-corrected chi connectivity index (χ1v) is 7.07. The number of aryl methyl sites for hydroxylation is 1. The van der Waals surface area contributed by atoms with Crippen molar-refractivity contribution in [1.82, 2.24) is 15.1 Å². The normalized spacial score (nSPS) is 15.0. The van der Waals surface area contributed by atoms with E-state index in [-0.39, 0.29) is 24.9 Å². The largest absolute Gasteiger partial charge is 0.454 e. The molecular formula is C15H16F3N3O2. The van der Waals surface area contributed by atoms with Crippen molar-refractivity contribution in [3.8, 4) is 11.5 Å². The molecule has 1 aromatic heterocycles. The Labute approximate surface area is 131 Å². The molecule has 1 aliphatic rings. The number of hydrogen-bond donors (Lipinski definition) is 1. The van der Waals surface area contributed by atoms with Crippen molar-refractivity contribution in [2.24, 2.45) is 7.05 Å². The predicted molar refractivity (Wildman–Crippen MR) is 76.0 cm³/mol. The highest BCUT2D eigenvalue weighted by molar-refractivity contribution is 5.45. The van der Waals surface area contributed by atoms with Gasteiger partial charge in [0.2, 0.25) is 6.79 Å². The second kappa shape index (κ2) is 5.77. The number of hydrogen-bond acceptors (Lipinski definition) is 4. The summed E-state index contributed by atoms with van der Waals surface area (Å²) in [5.74, 6) is 1.32. The summed E-state index contributed by atoms with van der Waals surface area (Å²) in [4.78, 5) is 0. The molecule has 0 spiro atoms. The molecule has 0 radical (unpaired) electrons. The molecule has 2 aromatic rings. The van der Waals surface area contributed by atoms with Crippen LogP contribution in [-0.4, -0.2) is 16.6 Å². The first-order valence-electron chi connectivity index (χ1n) is 7.07. The van der Waals surface area contributed by atoms with Gasteiger partial charge < -0.3 is 14.8 Å². The molecular weight excluding hydrogens is 311 g/mol. The van der Waals surface area contributed by atoms with Crippen LogP contribution < -0.4 is 14.8 Å². The Hall–Kier alpha value is -2.22. The highest BCUT2D eigenvalue weighted by Gasteiger charge is 2.36. The Morgan fingerprint density at radius 1 is 1.30 bits per heavy atom. The molecule has 0 saturated heterocycles. The summed E-state index contributed by atoms with van der Waals surface area (Å²) in [5.41, 5.74) is 0.171. The minimum atomic E-state index is -4.46. The van der Waals surface area contributed by atoms with Gasteiger partial charge in [0.05, 0.1) is 0 Å². The van der Waals surface area contributed by atoms with Gasteiger partial charge in [-0.15, -0.1) is 0 Å². The van der Waals surface area contributed by atoms with Gasteiger partial charge in [0.1, 0.15) is 0 Å². The van der Waals surface area contributed by atoms with Crippen molar-refractivity contribution < 1.29 is 22.6 Å². The standard InChI is InChI=1S/C15H16F3N3O2/c1-9(10-3-4-12-13(5-10)23-8-22-12)19-6-11-7-21(2)20-14(11)15(16,17)18/h3-5,7,9,19H,6,8H2,1-2H3/t9-/m1/s1. The third kappa shape index (κ3) is 3.26. The van der Waals surface area contributed by atoms with E-state index >= 15 is 0 Å². The molecule has 8 heteroatoms. The smallest absolute Gasteiger partial charge is 0.435 e. The van der Waals surface area contributed by atoms with Crippen molar-refractivity contribution in [3.05, 3.63) is 41.2 Å². The fraction of sp³-hybridized carbons (Fsp3) is 0.400. The Balaban J connectivity index is 1.71. The lowest BCUT2D eigenvalue weighted by molar-refractivity contribution is -0.142. The number of alkyl halides is 3. The van der Waals surface area contributed by atoms with Crippen LogP contribution in [0.15, 0.2) is 24.4 Å². The average Bonchev–Trinajstić information content (AvgIpc) is 3.09. The third-order valence-electron chi connectivity index (χ3n) is 3.67. The highest BCUT2D eigenvalue weighted by atomic mass is 19.4. The zero-order valence-electron chi connectivity index (χ0n) is 12.6. The molecule has 0 saturated carbocycles. The van der Waals surface area contributed by atoms with Crippen LogP contribution in [0.25, 0.3) is 0 Å². The van der Waals surface area contributed by atoms with Crippen LogP contribution in [0.3, 0.4) is 0 Å². The van der Waals surface area contributed by atoms with E-state index in [0.717, 1.165) is 5.56 Å². The summed E-state index contributed by atoms with van der Waals surface area (Å²) in [5, 5.41) is 6.58. The molecule has 124 valence electrons. The zero-order chi connectivity index (χ0) is 16.6. The molecule has 0 bridgehead atoms. The van der Waals surface area contributed by atoms with E-state index in [1.54, 1.807) is 6.07 Å². The second-order valence-corrected chi connectivity index (χ2v) is 5.39. The minimum absolute atomic E-state index is 0.0677. The van der Waals surface area contributed by atoms with Crippen LogP contribution in [0.2, 0.25) is 0 Å². The number of rotatable bonds is 4. The van der Waals surface area contributed by atoms with Crippen molar-refractivity contribution in [3.63, 3.8) is 0 Å². The van der Waals surface area contributed by atoms with E-state index in [9.17, 15) is 13.2 Å². The third-order valence-corrected chi connectivity index (χ3v) is 3.67. The number of nitrogens with one attached hydrogen (secondary N) is 1. The molecule has 0 fully saturated rings. The molecule has 1 N–H and O–H groups in total. The van der Waals surface area contributed by atoms with E-state index in [0.29, 0.717) is 11.5 Å². The molecule has 0 aliphatic carbocycles. The summed E-state index contributed by atoms with van der Waals surface area (Å²) in [7, 11) is 1.47. The van der Waals surface area contributed by atoms with Crippen LogP contribution >= 0.6 is 0 Å². The Kier molecular flexibility index (Phi) is 3.93. The minimum Gasteiger partial charge on any atom is -0.454 e. The fourth-order valence-corrected chi connectivity index (χ4v) is 2.47. The average molecular weight is 327 g/mol. The number of ether oxygens (including phenoxy) is 2. The van der Waals surface area contributed by atoms with Gasteiger partial charge in [-0.1, -0.05) is 6.07 Å².